The number of hydrogen-bond acceptors (Lipinski definition) is 4. The second kappa shape index (κ2) is 9.26. The Morgan fingerprint density at radius 2 is 1.58 bits per heavy atom. The summed E-state index contributed by atoms with van der Waals surface area (Å²) in [5.74, 6) is -0.332. The summed E-state index contributed by atoms with van der Waals surface area (Å²) in [7, 11) is -0.954. The summed E-state index contributed by atoms with van der Waals surface area (Å²) >= 11 is 0. The molecule has 0 radical (unpaired) electrons. The molecular weight excluding hydrogens is 455 g/mol. The van der Waals surface area contributed by atoms with Crippen molar-refractivity contribution in [1.82, 2.24) is 0 Å². The number of fused-ring (bicyclic) bond motifs is 1. The van der Waals surface area contributed by atoms with Gasteiger partial charge in [0.15, 0.2) is 6.20 Å². The number of nitrogens with one attached hydrogen (secondary N) is 1. The molecule has 3 aromatic carbocycles. The van der Waals surface area contributed by atoms with Gasteiger partial charge in [-0.15, -0.1) is 0 Å². The Labute approximate surface area is 190 Å². The van der Waals surface area contributed by atoms with Gasteiger partial charge in [0, 0.05) is 22.5 Å². The number of rotatable bonds is 5. The number of hydrogen-bond donors (Lipinski definition) is 1. The molecule has 0 unspecified atom stereocenters. The monoisotopic (exact) mass is 474 g/mol. The van der Waals surface area contributed by atoms with Gasteiger partial charge in [-0.2, -0.15) is 4.57 Å². The quantitative estimate of drug-likeness (QED) is 0.356. The molecular formula is C23H20ClFN2O2S2. The number of anilines is 2. The molecule has 1 heterocycles. The van der Waals surface area contributed by atoms with Gasteiger partial charge in [0.25, 0.3) is 0 Å². The Bertz CT molecular complexity index is 1330. The largest absolute Gasteiger partial charge is 1.00 e. The van der Waals surface area contributed by atoms with Crippen LogP contribution in [0, 0.1) is 12.7 Å². The summed E-state index contributed by atoms with van der Waals surface area (Å²) in [5, 5.41) is 4.16. The van der Waals surface area contributed by atoms with Crippen molar-refractivity contribution in [1.29, 1.82) is 0 Å². The molecule has 4 rings (SSSR count). The summed E-state index contributed by atoms with van der Waals surface area (Å²) in [4.78, 5) is 0.808. The lowest BCUT2D eigenvalue weighted by Crippen LogP contribution is -3.00. The third-order valence-corrected chi connectivity index (χ3v) is 8.07. The van der Waals surface area contributed by atoms with Gasteiger partial charge in [0.1, 0.15) is 17.8 Å². The third kappa shape index (κ3) is 5.01. The van der Waals surface area contributed by atoms with Crippen LogP contribution in [0.2, 0.25) is 0 Å². The highest BCUT2D eigenvalue weighted by atomic mass is 35.5. The van der Waals surface area contributed by atoms with Crippen LogP contribution in [0.4, 0.5) is 15.8 Å². The molecule has 0 aliphatic carbocycles. The standard InChI is InChI=1S/C23H19FN2O2S2.ClH/c1-16-7-13-19(14-8-16)30(27,28)29-22-15-26(2)21-6-4-3-5-20(21)23(22)25-18-11-9-17(24)10-12-18;/h3-15H,1-2H3;1H. The lowest BCUT2D eigenvalue weighted by molar-refractivity contribution is -0.646. The van der Waals surface area contributed by atoms with Gasteiger partial charge in [-0.3, -0.25) is 0 Å². The van der Waals surface area contributed by atoms with E-state index in [1.54, 1.807) is 42.6 Å². The first-order valence-corrected chi connectivity index (χ1v) is 12.1. The number of aromatic nitrogens is 1. The van der Waals surface area contributed by atoms with Crippen LogP contribution in [0.3, 0.4) is 0 Å². The normalized spacial score (nSPS) is 11.2. The number of halogens is 2. The van der Waals surface area contributed by atoms with E-state index in [0.29, 0.717) is 16.3 Å². The minimum Gasteiger partial charge on any atom is -1.00 e. The van der Waals surface area contributed by atoms with Crippen LogP contribution in [0.5, 0.6) is 0 Å². The maximum atomic E-state index is 13.3. The first-order chi connectivity index (χ1) is 14.3. The summed E-state index contributed by atoms with van der Waals surface area (Å²) in [6, 6.07) is 20.5. The van der Waals surface area contributed by atoms with Crippen molar-refractivity contribution < 1.29 is 29.8 Å². The second-order valence-corrected chi connectivity index (χ2v) is 10.8. The maximum absolute atomic E-state index is 13.3. The van der Waals surface area contributed by atoms with Crippen LogP contribution >= 0.6 is 10.8 Å². The van der Waals surface area contributed by atoms with Crippen molar-refractivity contribution in [2.24, 2.45) is 7.05 Å². The Morgan fingerprint density at radius 1 is 0.935 bits per heavy atom. The van der Waals surface area contributed by atoms with Crippen molar-refractivity contribution in [2.75, 3.05) is 5.32 Å². The average molecular weight is 475 g/mol. The summed E-state index contributed by atoms with van der Waals surface area (Å²) in [6.45, 7) is 1.91. The smallest absolute Gasteiger partial charge is 0.234 e. The van der Waals surface area contributed by atoms with Crippen molar-refractivity contribution >= 4 is 41.9 Å². The molecule has 0 saturated heterocycles. The summed E-state index contributed by atoms with van der Waals surface area (Å²) in [6.07, 6.45) is 1.80. The molecule has 0 saturated carbocycles. The van der Waals surface area contributed by atoms with Crippen molar-refractivity contribution in [3.63, 3.8) is 0 Å². The van der Waals surface area contributed by atoms with Gasteiger partial charge in [-0.25, -0.2) is 12.8 Å². The van der Waals surface area contributed by atoms with Gasteiger partial charge in [-0.1, -0.05) is 29.8 Å². The molecule has 0 fully saturated rings. The minimum absolute atomic E-state index is 0. The molecule has 4 aromatic rings. The van der Waals surface area contributed by atoms with Crippen LogP contribution in [-0.4, -0.2) is 8.42 Å². The number of benzene rings is 3. The molecule has 8 heteroatoms. The fourth-order valence-electron chi connectivity index (χ4n) is 3.18. The van der Waals surface area contributed by atoms with Crippen LogP contribution in [0.25, 0.3) is 10.9 Å². The Morgan fingerprint density at radius 3 is 2.26 bits per heavy atom. The van der Waals surface area contributed by atoms with Crippen molar-refractivity contribution in [2.45, 2.75) is 16.7 Å². The van der Waals surface area contributed by atoms with Crippen molar-refractivity contribution in [3.05, 3.63) is 90.4 Å². The number of pyridine rings is 1. The van der Waals surface area contributed by atoms with Crippen LogP contribution in [0.15, 0.2) is 88.8 Å². The maximum Gasteiger partial charge on any atom is 0.234 e. The molecule has 160 valence electrons. The predicted molar refractivity (Wildman–Crippen MR) is 119 cm³/mol. The fourth-order valence-corrected chi connectivity index (χ4v) is 6.13. The zero-order valence-corrected chi connectivity index (χ0v) is 19.2. The van der Waals surface area contributed by atoms with Crippen molar-refractivity contribution in [3.8, 4) is 0 Å². The minimum atomic E-state index is -3.63. The molecule has 0 aliphatic rings. The van der Waals surface area contributed by atoms with E-state index in [2.05, 4.69) is 5.32 Å². The van der Waals surface area contributed by atoms with E-state index in [1.807, 2.05) is 42.8 Å². The van der Waals surface area contributed by atoms with E-state index in [9.17, 15) is 12.8 Å². The topological polar surface area (TPSA) is 50.1 Å². The molecule has 1 aromatic heterocycles. The lowest BCUT2D eigenvalue weighted by Gasteiger charge is -2.14. The van der Waals surface area contributed by atoms with Crippen LogP contribution in [0.1, 0.15) is 5.56 Å². The number of nitrogens with zero attached hydrogens (tertiary/aromatic N) is 1. The van der Waals surface area contributed by atoms with Gasteiger partial charge in [0.2, 0.25) is 14.4 Å². The van der Waals surface area contributed by atoms with Gasteiger partial charge < -0.3 is 17.7 Å². The summed E-state index contributed by atoms with van der Waals surface area (Å²) < 4.78 is 41.4. The van der Waals surface area contributed by atoms with Crippen LogP contribution in [-0.2, 0) is 15.9 Å². The SMILES string of the molecule is Cc1ccc(S(=O)(=O)Sc2c[n+](C)c3ccccc3c2Nc2ccc(F)cc2)cc1.[Cl-]. The van der Waals surface area contributed by atoms with E-state index in [0.717, 1.165) is 27.3 Å². The van der Waals surface area contributed by atoms with Gasteiger partial charge in [0.05, 0.1) is 16.0 Å². The Balaban J connectivity index is 0.00000272. The number of aryl methyl sites for hydroxylation is 2. The molecule has 0 aliphatic heterocycles. The fraction of sp³-hybridized carbons (Fsp3) is 0.0870. The van der Waals surface area contributed by atoms with Gasteiger partial charge >= 0.3 is 0 Å². The first kappa shape index (κ1) is 23.1. The Hall–Kier alpha value is -2.61. The molecule has 0 amide bonds. The molecule has 0 atom stereocenters. The molecule has 0 bridgehead atoms. The highest BCUT2D eigenvalue weighted by molar-refractivity contribution is 8.72. The molecule has 1 N–H and O–H groups in total. The zero-order valence-electron chi connectivity index (χ0n) is 16.8. The van der Waals surface area contributed by atoms with Gasteiger partial charge in [-0.05, 0) is 49.4 Å². The highest BCUT2D eigenvalue weighted by Gasteiger charge is 2.24. The predicted octanol–water partition coefficient (Wildman–Crippen LogP) is 2.34. The zero-order chi connectivity index (χ0) is 21.3. The second-order valence-electron chi connectivity index (χ2n) is 6.98. The average Bonchev–Trinajstić information content (AvgIpc) is 2.72. The highest BCUT2D eigenvalue weighted by Crippen LogP contribution is 2.39. The molecule has 31 heavy (non-hydrogen) atoms. The summed E-state index contributed by atoms with van der Waals surface area (Å²) in [5.41, 5.74) is 3.27. The van der Waals surface area contributed by atoms with Crippen LogP contribution < -0.4 is 22.3 Å². The number of para-hydroxylation sites is 1. The van der Waals surface area contributed by atoms with E-state index >= 15 is 0 Å². The Kier molecular flexibility index (Phi) is 6.89. The molecule has 4 nitrogen and oxygen atoms in total. The van der Waals surface area contributed by atoms with E-state index in [-0.39, 0.29) is 23.1 Å². The van der Waals surface area contributed by atoms with E-state index < -0.39 is 8.87 Å². The lowest BCUT2D eigenvalue weighted by atomic mass is 10.1. The third-order valence-electron chi connectivity index (χ3n) is 4.73. The van der Waals surface area contributed by atoms with E-state index in [1.165, 1.54) is 12.1 Å². The molecule has 0 spiro atoms. The van der Waals surface area contributed by atoms with E-state index in [4.69, 9.17) is 0 Å². The first-order valence-electron chi connectivity index (χ1n) is 9.29.